The van der Waals surface area contributed by atoms with E-state index in [1.54, 1.807) is 0 Å². The number of rotatable bonds is 0. The maximum absolute atomic E-state index is 10.8. The molecule has 1 unspecified atom stereocenters. The summed E-state index contributed by atoms with van der Waals surface area (Å²) in [6, 6.07) is 6.30. The third-order valence-electron chi connectivity index (χ3n) is 3.99. The number of carboxylic acid groups (broad SMARTS) is 1. The van der Waals surface area contributed by atoms with Gasteiger partial charge < -0.3 is 9.84 Å². The number of hydrogen-bond acceptors (Lipinski definition) is 3. The Morgan fingerprint density at radius 2 is 2.24 bits per heavy atom. The first kappa shape index (κ1) is 14.4. The third-order valence-corrected chi connectivity index (χ3v) is 4.48. The Hall–Kier alpha value is -1.56. The monoisotopic (exact) mass is 352 g/mol. The average Bonchev–Trinajstić information content (AvgIpc) is 2.72. The van der Waals surface area contributed by atoms with E-state index in [-0.39, 0.29) is 11.4 Å². The molecule has 0 fully saturated rings. The summed E-state index contributed by atoms with van der Waals surface area (Å²) in [6.07, 6.45) is 0.651. The molecule has 1 aliphatic carbocycles. The number of amides is 1. The van der Waals surface area contributed by atoms with Crippen molar-refractivity contribution in [3.05, 3.63) is 33.8 Å². The average molecular weight is 353 g/mol. The topological polar surface area (TPSA) is 70.9 Å². The molecule has 1 amide bonds. The molecule has 1 atom stereocenters. The van der Waals surface area contributed by atoms with Crippen LogP contribution in [0.4, 0.5) is 4.79 Å². The highest BCUT2D eigenvalue weighted by molar-refractivity contribution is 9.10. The molecule has 1 aliphatic heterocycles. The van der Waals surface area contributed by atoms with Crippen molar-refractivity contribution in [2.75, 3.05) is 6.61 Å². The van der Waals surface area contributed by atoms with Crippen molar-refractivity contribution in [1.29, 1.82) is 0 Å². The Morgan fingerprint density at radius 3 is 2.95 bits per heavy atom. The summed E-state index contributed by atoms with van der Waals surface area (Å²) in [4.78, 5) is 15.4. The number of amidine groups is 1. The maximum Gasteiger partial charge on any atom is 0.412 e. The molecule has 1 aromatic rings. The van der Waals surface area contributed by atoms with Crippen molar-refractivity contribution in [3.63, 3.8) is 0 Å². The minimum Gasteiger partial charge on any atom is -0.465 e. The van der Waals surface area contributed by atoms with Gasteiger partial charge in [0.05, 0.1) is 0 Å². The largest absolute Gasteiger partial charge is 0.465 e. The first-order chi connectivity index (χ1) is 9.80. The Labute approximate surface area is 131 Å². The molecular weight excluding hydrogens is 336 g/mol. The minimum absolute atomic E-state index is 0.0890. The van der Waals surface area contributed by atoms with Crippen LogP contribution < -0.4 is 5.32 Å². The summed E-state index contributed by atoms with van der Waals surface area (Å²) in [5.74, 6) is 0. The number of aliphatic imine (C=N–C) groups is 1. The van der Waals surface area contributed by atoms with Crippen LogP contribution in [0.25, 0.3) is 0 Å². The molecule has 21 heavy (non-hydrogen) atoms. The van der Waals surface area contributed by atoms with E-state index < -0.39 is 11.6 Å². The van der Waals surface area contributed by atoms with Crippen molar-refractivity contribution in [2.45, 2.75) is 32.2 Å². The molecule has 3 rings (SSSR count). The highest BCUT2D eigenvalue weighted by Crippen LogP contribution is 2.49. The summed E-state index contributed by atoms with van der Waals surface area (Å²) in [7, 11) is 0. The van der Waals surface area contributed by atoms with Crippen molar-refractivity contribution < 1.29 is 14.6 Å². The first-order valence-corrected chi connectivity index (χ1v) is 7.61. The quantitative estimate of drug-likeness (QED) is 0.752. The molecule has 0 saturated heterocycles. The summed E-state index contributed by atoms with van der Waals surface area (Å²) < 4.78 is 6.49. The van der Waals surface area contributed by atoms with Gasteiger partial charge in [0, 0.05) is 4.47 Å². The Balaban J connectivity index is 2.08. The number of nitrogens with zero attached hydrogens (tertiary/aromatic N) is 1. The van der Waals surface area contributed by atoms with E-state index in [1.807, 2.05) is 6.07 Å². The Bertz CT molecular complexity index is 642. The number of nitrogens with one attached hydrogen (secondary N) is 1. The lowest BCUT2D eigenvalue weighted by molar-refractivity contribution is 0.160. The molecule has 0 bridgehead atoms. The first-order valence-electron chi connectivity index (χ1n) is 6.81. The Morgan fingerprint density at radius 1 is 1.48 bits per heavy atom. The van der Waals surface area contributed by atoms with Gasteiger partial charge in [-0.05, 0) is 41.5 Å². The molecule has 1 aromatic carbocycles. The van der Waals surface area contributed by atoms with Gasteiger partial charge in [0.15, 0.2) is 0 Å². The number of carbonyl (C=O) groups is 1. The molecule has 1 heterocycles. The Kier molecular flexibility index (Phi) is 3.24. The van der Waals surface area contributed by atoms with Crippen LogP contribution in [0.2, 0.25) is 0 Å². The number of benzene rings is 1. The van der Waals surface area contributed by atoms with E-state index in [9.17, 15) is 4.79 Å². The fourth-order valence-corrected chi connectivity index (χ4v) is 3.79. The molecule has 2 aliphatic rings. The lowest BCUT2D eigenvalue weighted by atomic mass is 9.66. The SMILES string of the molecule is CC1(C)Cc2ccc(Br)cc2C2(COC(NC(=O)O)=N2)C1. The van der Waals surface area contributed by atoms with Gasteiger partial charge in [0.25, 0.3) is 6.02 Å². The normalized spacial score (nSPS) is 26.0. The lowest BCUT2D eigenvalue weighted by Crippen LogP contribution is -2.39. The van der Waals surface area contributed by atoms with Crippen LogP contribution in [-0.2, 0) is 16.7 Å². The standard InChI is InChI=1S/C15H17BrN2O3/c1-14(2)6-9-3-4-10(16)5-11(9)15(7-14)8-21-12(18-15)17-13(19)20/h3-5H,6-8H2,1-2H3,(H,17,18)(H,19,20). The summed E-state index contributed by atoms with van der Waals surface area (Å²) >= 11 is 3.51. The predicted octanol–water partition coefficient (Wildman–Crippen LogP) is 3.27. The van der Waals surface area contributed by atoms with E-state index in [0.717, 1.165) is 22.9 Å². The van der Waals surface area contributed by atoms with Crippen molar-refractivity contribution in [1.82, 2.24) is 5.32 Å². The van der Waals surface area contributed by atoms with Crippen LogP contribution in [0.1, 0.15) is 31.4 Å². The number of hydrogen-bond donors (Lipinski definition) is 2. The number of ether oxygens (including phenoxy) is 1. The maximum atomic E-state index is 10.8. The molecule has 6 heteroatoms. The second-order valence-corrected chi connectivity index (χ2v) is 7.40. The van der Waals surface area contributed by atoms with E-state index in [2.05, 4.69) is 52.2 Å². The van der Waals surface area contributed by atoms with Crippen molar-refractivity contribution in [3.8, 4) is 0 Å². The van der Waals surface area contributed by atoms with Gasteiger partial charge in [0.1, 0.15) is 12.1 Å². The predicted molar refractivity (Wildman–Crippen MR) is 82.5 cm³/mol. The lowest BCUT2D eigenvalue weighted by Gasteiger charge is -2.41. The molecule has 112 valence electrons. The summed E-state index contributed by atoms with van der Waals surface area (Å²) in [6.45, 7) is 4.78. The van der Waals surface area contributed by atoms with E-state index in [0.29, 0.717) is 6.61 Å². The van der Waals surface area contributed by atoms with Crippen molar-refractivity contribution in [2.24, 2.45) is 10.4 Å². The third kappa shape index (κ3) is 2.64. The van der Waals surface area contributed by atoms with Crippen molar-refractivity contribution >= 4 is 28.0 Å². The van der Waals surface area contributed by atoms with Crippen LogP contribution in [0.15, 0.2) is 27.7 Å². The van der Waals surface area contributed by atoms with Crippen LogP contribution in [0, 0.1) is 5.41 Å². The zero-order valence-corrected chi connectivity index (χ0v) is 13.5. The smallest absolute Gasteiger partial charge is 0.412 e. The van der Waals surface area contributed by atoms with Gasteiger partial charge in [-0.25, -0.2) is 15.1 Å². The van der Waals surface area contributed by atoms with Crippen LogP contribution in [0.3, 0.4) is 0 Å². The molecule has 0 radical (unpaired) electrons. The summed E-state index contributed by atoms with van der Waals surface area (Å²) in [5, 5.41) is 11.0. The fraction of sp³-hybridized carbons (Fsp3) is 0.467. The molecular formula is C15H17BrN2O3. The zero-order chi connectivity index (χ0) is 15.3. The van der Waals surface area contributed by atoms with E-state index >= 15 is 0 Å². The van der Waals surface area contributed by atoms with Crippen LogP contribution in [0.5, 0.6) is 0 Å². The van der Waals surface area contributed by atoms with Gasteiger partial charge in [-0.1, -0.05) is 35.8 Å². The molecule has 0 saturated carbocycles. The molecule has 1 spiro atoms. The second kappa shape index (κ2) is 4.73. The van der Waals surface area contributed by atoms with Crippen LogP contribution >= 0.6 is 15.9 Å². The highest BCUT2D eigenvalue weighted by atomic mass is 79.9. The minimum atomic E-state index is -1.16. The molecule has 0 aromatic heterocycles. The molecule has 2 N–H and O–H groups in total. The fourth-order valence-electron chi connectivity index (χ4n) is 3.43. The number of halogens is 1. The van der Waals surface area contributed by atoms with Gasteiger partial charge in [-0.3, -0.25) is 0 Å². The van der Waals surface area contributed by atoms with E-state index in [1.165, 1.54) is 5.56 Å². The highest BCUT2D eigenvalue weighted by Gasteiger charge is 2.47. The van der Waals surface area contributed by atoms with Gasteiger partial charge in [-0.15, -0.1) is 0 Å². The second-order valence-electron chi connectivity index (χ2n) is 6.49. The van der Waals surface area contributed by atoms with Gasteiger partial charge in [0.2, 0.25) is 0 Å². The van der Waals surface area contributed by atoms with Gasteiger partial charge in [-0.2, -0.15) is 0 Å². The molecule has 5 nitrogen and oxygen atoms in total. The number of fused-ring (bicyclic) bond motifs is 2. The van der Waals surface area contributed by atoms with Crippen LogP contribution in [-0.4, -0.2) is 23.8 Å². The summed E-state index contributed by atoms with van der Waals surface area (Å²) in [5.41, 5.74) is 1.96. The van der Waals surface area contributed by atoms with Gasteiger partial charge >= 0.3 is 6.09 Å². The zero-order valence-electron chi connectivity index (χ0n) is 11.9. The van der Waals surface area contributed by atoms with E-state index in [4.69, 9.17) is 9.84 Å².